The molecule has 3 aromatic rings. The highest BCUT2D eigenvalue weighted by atomic mass is 16.3. The van der Waals surface area contributed by atoms with Crippen molar-refractivity contribution in [3.05, 3.63) is 70.9 Å². The molecule has 0 aliphatic heterocycles. The van der Waals surface area contributed by atoms with Crippen LogP contribution in [0.3, 0.4) is 0 Å². The highest BCUT2D eigenvalue weighted by Gasteiger charge is 2.17. The van der Waals surface area contributed by atoms with Crippen molar-refractivity contribution in [3.8, 4) is 5.69 Å². The summed E-state index contributed by atoms with van der Waals surface area (Å²) in [6.45, 7) is 6.20. The first-order valence-electron chi connectivity index (χ1n) is 8.00. The molecule has 0 bridgehead atoms. The fourth-order valence-corrected chi connectivity index (χ4v) is 2.77. The van der Waals surface area contributed by atoms with Gasteiger partial charge in [0.2, 0.25) is 0 Å². The Morgan fingerprint density at radius 2 is 1.92 bits per heavy atom. The van der Waals surface area contributed by atoms with Crippen molar-refractivity contribution < 1.29 is 9.21 Å². The zero-order valence-corrected chi connectivity index (χ0v) is 14.2. The zero-order chi connectivity index (χ0) is 17.1. The lowest BCUT2D eigenvalue weighted by atomic mass is 10.1. The minimum absolute atomic E-state index is 0.0741. The Morgan fingerprint density at radius 3 is 2.50 bits per heavy atom. The van der Waals surface area contributed by atoms with Gasteiger partial charge in [0.1, 0.15) is 11.5 Å². The lowest BCUT2D eigenvalue weighted by Crippen LogP contribution is -2.26. The van der Waals surface area contributed by atoms with Gasteiger partial charge in [-0.2, -0.15) is 5.10 Å². The van der Waals surface area contributed by atoms with E-state index in [1.165, 1.54) is 5.56 Å². The molecule has 0 aliphatic carbocycles. The van der Waals surface area contributed by atoms with Gasteiger partial charge in [0, 0.05) is 24.5 Å². The summed E-state index contributed by atoms with van der Waals surface area (Å²) < 4.78 is 7.33. The zero-order valence-electron chi connectivity index (χ0n) is 14.2. The summed E-state index contributed by atoms with van der Waals surface area (Å²) in [5, 5.41) is 7.17. The summed E-state index contributed by atoms with van der Waals surface area (Å²) in [4.78, 5) is 12.3. The van der Waals surface area contributed by atoms with E-state index in [1.807, 2.05) is 49.8 Å². The number of carbonyl (C=O) groups is 1. The predicted octanol–water partition coefficient (Wildman–Crippen LogP) is 3.36. The summed E-state index contributed by atoms with van der Waals surface area (Å²) in [6.07, 6.45) is 4.44. The highest BCUT2D eigenvalue weighted by molar-refractivity contribution is 5.96. The number of hydrogen-bond acceptors (Lipinski definition) is 3. The molecule has 0 aliphatic rings. The minimum Gasteiger partial charge on any atom is -0.466 e. The molecular formula is C19H21N3O2. The largest absolute Gasteiger partial charge is 0.466 e. The monoisotopic (exact) mass is 323 g/mol. The van der Waals surface area contributed by atoms with Crippen molar-refractivity contribution in [2.24, 2.45) is 0 Å². The number of aryl methyl sites for hydroxylation is 2. The number of aromatic nitrogens is 2. The molecule has 2 heterocycles. The SMILES string of the molecule is Cc1oc(C)c(C(=O)NCCc2ccc(-n3cccn3)cc2)c1C. The normalized spacial score (nSPS) is 10.8. The quantitative estimate of drug-likeness (QED) is 0.783. The Kier molecular flexibility index (Phi) is 4.51. The molecule has 124 valence electrons. The Morgan fingerprint density at radius 1 is 1.17 bits per heavy atom. The average Bonchev–Trinajstić information content (AvgIpc) is 3.17. The molecule has 0 atom stereocenters. The van der Waals surface area contributed by atoms with Crippen LogP contribution in [0.1, 0.15) is 33.0 Å². The van der Waals surface area contributed by atoms with Gasteiger partial charge in [0.15, 0.2) is 0 Å². The van der Waals surface area contributed by atoms with Gasteiger partial charge < -0.3 is 9.73 Å². The summed E-state index contributed by atoms with van der Waals surface area (Å²) in [5.74, 6) is 1.40. The molecule has 0 saturated heterocycles. The fourth-order valence-electron chi connectivity index (χ4n) is 2.77. The first-order chi connectivity index (χ1) is 11.6. The van der Waals surface area contributed by atoms with E-state index in [2.05, 4.69) is 22.5 Å². The van der Waals surface area contributed by atoms with Crippen LogP contribution in [0.5, 0.6) is 0 Å². The maximum Gasteiger partial charge on any atom is 0.255 e. The standard InChI is InChI=1S/C19H21N3O2/c1-13-14(2)24-15(3)18(13)19(23)20-11-9-16-5-7-17(8-6-16)22-12-4-10-21-22/h4-8,10,12H,9,11H2,1-3H3,(H,20,23). The number of amides is 1. The van der Waals surface area contributed by atoms with Gasteiger partial charge >= 0.3 is 0 Å². The molecule has 2 aromatic heterocycles. The van der Waals surface area contributed by atoms with E-state index in [1.54, 1.807) is 6.20 Å². The van der Waals surface area contributed by atoms with Crippen LogP contribution in [0.4, 0.5) is 0 Å². The Balaban J connectivity index is 1.57. The van der Waals surface area contributed by atoms with Crippen LogP contribution in [0.25, 0.3) is 5.69 Å². The molecule has 1 amide bonds. The van der Waals surface area contributed by atoms with Crippen LogP contribution in [0, 0.1) is 20.8 Å². The number of nitrogens with one attached hydrogen (secondary N) is 1. The smallest absolute Gasteiger partial charge is 0.255 e. The molecule has 0 unspecified atom stereocenters. The van der Waals surface area contributed by atoms with Crippen LogP contribution in [0.15, 0.2) is 47.1 Å². The van der Waals surface area contributed by atoms with E-state index < -0.39 is 0 Å². The van der Waals surface area contributed by atoms with Crippen LogP contribution in [-0.4, -0.2) is 22.2 Å². The summed E-state index contributed by atoms with van der Waals surface area (Å²) in [6, 6.07) is 10.1. The first-order valence-corrected chi connectivity index (χ1v) is 8.00. The van der Waals surface area contributed by atoms with Gasteiger partial charge in [0.25, 0.3) is 5.91 Å². The van der Waals surface area contributed by atoms with Crippen molar-refractivity contribution in [2.75, 3.05) is 6.54 Å². The average molecular weight is 323 g/mol. The number of rotatable bonds is 5. The number of furan rings is 1. The Bertz CT molecular complexity index is 830. The summed E-state index contributed by atoms with van der Waals surface area (Å²) >= 11 is 0. The maximum absolute atomic E-state index is 12.3. The first kappa shape index (κ1) is 16.1. The lowest BCUT2D eigenvalue weighted by Gasteiger charge is -2.07. The molecule has 3 rings (SSSR count). The molecule has 1 aromatic carbocycles. The molecule has 0 saturated carbocycles. The predicted molar refractivity (Wildman–Crippen MR) is 92.5 cm³/mol. The minimum atomic E-state index is -0.0741. The van der Waals surface area contributed by atoms with Gasteiger partial charge in [0.05, 0.1) is 11.3 Å². The lowest BCUT2D eigenvalue weighted by molar-refractivity contribution is 0.0952. The third-order valence-corrected chi connectivity index (χ3v) is 4.19. The van der Waals surface area contributed by atoms with Gasteiger partial charge in [-0.05, 0) is 51.0 Å². The molecule has 0 fully saturated rings. The third kappa shape index (κ3) is 3.25. The second kappa shape index (κ2) is 6.74. The summed E-state index contributed by atoms with van der Waals surface area (Å²) in [5.41, 5.74) is 3.76. The molecular weight excluding hydrogens is 302 g/mol. The van der Waals surface area contributed by atoms with Crippen LogP contribution in [-0.2, 0) is 6.42 Å². The Labute approximate surface area is 141 Å². The van der Waals surface area contributed by atoms with Crippen LogP contribution >= 0.6 is 0 Å². The molecule has 0 spiro atoms. The van der Waals surface area contributed by atoms with E-state index >= 15 is 0 Å². The van der Waals surface area contributed by atoms with E-state index in [9.17, 15) is 4.79 Å². The van der Waals surface area contributed by atoms with E-state index in [0.29, 0.717) is 17.9 Å². The number of benzene rings is 1. The van der Waals surface area contributed by atoms with Gasteiger partial charge in [-0.15, -0.1) is 0 Å². The number of carbonyl (C=O) groups excluding carboxylic acids is 1. The van der Waals surface area contributed by atoms with Gasteiger partial charge in [-0.3, -0.25) is 4.79 Å². The van der Waals surface area contributed by atoms with Crippen molar-refractivity contribution in [1.82, 2.24) is 15.1 Å². The second-order valence-electron chi connectivity index (χ2n) is 5.84. The van der Waals surface area contributed by atoms with E-state index in [0.717, 1.165) is 23.4 Å². The fraction of sp³-hybridized carbons (Fsp3) is 0.263. The van der Waals surface area contributed by atoms with Gasteiger partial charge in [-0.25, -0.2) is 4.68 Å². The van der Waals surface area contributed by atoms with Crippen LogP contribution < -0.4 is 5.32 Å². The third-order valence-electron chi connectivity index (χ3n) is 4.19. The molecule has 0 radical (unpaired) electrons. The van der Waals surface area contributed by atoms with E-state index in [4.69, 9.17) is 4.42 Å². The highest BCUT2D eigenvalue weighted by Crippen LogP contribution is 2.20. The topological polar surface area (TPSA) is 60.1 Å². The maximum atomic E-state index is 12.3. The molecule has 24 heavy (non-hydrogen) atoms. The molecule has 1 N–H and O–H groups in total. The van der Waals surface area contributed by atoms with Gasteiger partial charge in [-0.1, -0.05) is 12.1 Å². The van der Waals surface area contributed by atoms with Crippen molar-refractivity contribution in [1.29, 1.82) is 0 Å². The van der Waals surface area contributed by atoms with Crippen molar-refractivity contribution >= 4 is 5.91 Å². The summed E-state index contributed by atoms with van der Waals surface area (Å²) in [7, 11) is 0. The van der Waals surface area contributed by atoms with Crippen molar-refractivity contribution in [3.63, 3.8) is 0 Å². The van der Waals surface area contributed by atoms with Crippen molar-refractivity contribution in [2.45, 2.75) is 27.2 Å². The molecule has 5 heteroatoms. The molecule has 5 nitrogen and oxygen atoms in total. The Hall–Kier alpha value is -2.82. The van der Waals surface area contributed by atoms with E-state index in [-0.39, 0.29) is 5.91 Å². The number of nitrogens with zero attached hydrogens (tertiary/aromatic N) is 2. The van der Waals surface area contributed by atoms with Crippen LogP contribution in [0.2, 0.25) is 0 Å². The second-order valence-corrected chi connectivity index (χ2v) is 5.84. The number of hydrogen-bond donors (Lipinski definition) is 1.